The fourth-order valence-electron chi connectivity index (χ4n) is 2.55. The first-order valence-electron chi connectivity index (χ1n) is 7.67. The number of allylic oxidation sites excluding steroid dienone is 1. The molecule has 0 bridgehead atoms. The molecule has 0 aliphatic carbocycles. The van der Waals surface area contributed by atoms with Crippen LogP contribution in [0.3, 0.4) is 0 Å². The zero-order chi connectivity index (χ0) is 13.9. The first kappa shape index (κ1) is 15.9. The lowest BCUT2D eigenvalue weighted by molar-refractivity contribution is -0.135. The number of carbonyl (C=O) groups is 2. The molecular formula is C16H27NO2. The molecular weight excluding hydrogens is 238 g/mol. The highest BCUT2D eigenvalue weighted by molar-refractivity contribution is 6.01. The van der Waals surface area contributed by atoms with E-state index in [2.05, 4.69) is 11.9 Å². The molecule has 1 fully saturated rings. The number of unbranched alkanes of at least 4 members (excludes halogenated alkanes) is 6. The van der Waals surface area contributed by atoms with E-state index in [0.717, 1.165) is 38.6 Å². The van der Waals surface area contributed by atoms with Crippen molar-refractivity contribution in [3.63, 3.8) is 0 Å². The van der Waals surface area contributed by atoms with E-state index in [1.54, 1.807) is 0 Å². The third-order valence-electron chi connectivity index (χ3n) is 3.76. The lowest BCUT2D eigenvalue weighted by Crippen LogP contribution is -2.40. The first-order chi connectivity index (χ1) is 9.25. The van der Waals surface area contributed by atoms with Crippen molar-refractivity contribution in [1.29, 1.82) is 0 Å². The van der Waals surface area contributed by atoms with Gasteiger partial charge in [-0.1, -0.05) is 31.8 Å². The lowest BCUT2D eigenvalue weighted by atomic mass is 9.91. The average molecular weight is 265 g/mol. The van der Waals surface area contributed by atoms with E-state index in [9.17, 15) is 9.59 Å². The van der Waals surface area contributed by atoms with Gasteiger partial charge in [0.2, 0.25) is 5.91 Å². The van der Waals surface area contributed by atoms with Gasteiger partial charge < -0.3 is 5.32 Å². The van der Waals surface area contributed by atoms with Gasteiger partial charge in [0.1, 0.15) is 5.78 Å². The van der Waals surface area contributed by atoms with Crippen LogP contribution in [-0.4, -0.2) is 18.2 Å². The number of nitrogens with one attached hydrogen (secondary N) is 1. The normalized spacial score (nSPS) is 18.9. The number of hydrogen-bond donors (Lipinski definition) is 1. The molecule has 1 aliphatic heterocycles. The minimum atomic E-state index is -0.360. The molecule has 108 valence electrons. The SMILES string of the molecule is C=CCCCCCCCCC(=O)C1CCCNC1=O. The molecule has 1 atom stereocenters. The van der Waals surface area contributed by atoms with E-state index >= 15 is 0 Å². The molecule has 1 rings (SSSR count). The smallest absolute Gasteiger partial charge is 0.230 e. The van der Waals surface area contributed by atoms with Gasteiger partial charge in [-0.2, -0.15) is 0 Å². The van der Waals surface area contributed by atoms with Crippen molar-refractivity contribution in [3.8, 4) is 0 Å². The van der Waals surface area contributed by atoms with Gasteiger partial charge in [-0.15, -0.1) is 6.58 Å². The van der Waals surface area contributed by atoms with Gasteiger partial charge in [0.25, 0.3) is 0 Å². The zero-order valence-electron chi connectivity index (χ0n) is 12.0. The molecule has 0 aromatic heterocycles. The maximum atomic E-state index is 11.9. The quantitative estimate of drug-likeness (QED) is 0.374. The highest BCUT2D eigenvalue weighted by Gasteiger charge is 2.27. The van der Waals surface area contributed by atoms with E-state index in [1.165, 1.54) is 25.7 Å². The van der Waals surface area contributed by atoms with Gasteiger partial charge >= 0.3 is 0 Å². The summed E-state index contributed by atoms with van der Waals surface area (Å²) in [5, 5.41) is 2.78. The minimum absolute atomic E-state index is 0.0549. The summed E-state index contributed by atoms with van der Waals surface area (Å²) in [4.78, 5) is 23.4. The van der Waals surface area contributed by atoms with Gasteiger partial charge in [-0.3, -0.25) is 9.59 Å². The molecule has 1 saturated heterocycles. The second-order valence-electron chi connectivity index (χ2n) is 5.40. The molecule has 0 saturated carbocycles. The second kappa shape index (κ2) is 9.76. The van der Waals surface area contributed by atoms with Crippen LogP contribution in [0.2, 0.25) is 0 Å². The van der Waals surface area contributed by atoms with E-state index in [-0.39, 0.29) is 17.6 Å². The Morgan fingerprint density at radius 3 is 2.58 bits per heavy atom. The van der Waals surface area contributed by atoms with Crippen molar-refractivity contribution in [2.24, 2.45) is 5.92 Å². The van der Waals surface area contributed by atoms with Crippen molar-refractivity contribution >= 4 is 11.7 Å². The number of amides is 1. The van der Waals surface area contributed by atoms with Crippen molar-refractivity contribution in [2.45, 2.75) is 64.2 Å². The van der Waals surface area contributed by atoms with Gasteiger partial charge in [0.05, 0.1) is 5.92 Å². The lowest BCUT2D eigenvalue weighted by Gasteiger charge is -2.20. The molecule has 3 heteroatoms. The number of Topliss-reactive ketones (excluding diaryl/α,β-unsaturated/α-hetero) is 1. The van der Waals surface area contributed by atoms with E-state index in [4.69, 9.17) is 0 Å². The van der Waals surface area contributed by atoms with Gasteiger partial charge in [-0.25, -0.2) is 0 Å². The van der Waals surface area contributed by atoms with Crippen LogP contribution in [0.25, 0.3) is 0 Å². The van der Waals surface area contributed by atoms with Crippen LogP contribution < -0.4 is 5.32 Å². The maximum Gasteiger partial charge on any atom is 0.230 e. The Morgan fingerprint density at radius 2 is 1.89 bits per heavy atom. The fraction of sp³-hybridized carbons (Fsp3) is 0.750. The van der Waals surface area contributed by atoms with E-state index in [0.29, 0.717) is 6.42 Å². The summed E-state index contributed by atoms with van der Waals surface area (Å²) in [6.07, 6.45) is 12.3. The number of ketones is 1. The van der Waals surface area contributed by atoms with Crippen LogP contribution in [0.1, 0.15) is 64.2 Å². The second-order valence-corrected chi connectivity index (χ2v) is 5.40. The molecule has 1 N–H and O–H groups in total. The topological polar surface area (TPSA) is 46.2 Å². The van der Waals surface area contributed by atoms with Crippen LogP contribution in [0.5, 0.6) is 0 Å². The summed E-state index contributed by atoms with van der Waals surface area (Å²) >= 11 is 0. The van der Waals surface area contributed by atoms with Gasteiger partial charge in [0.15, 0.2) is 0 Å². The molecule has 1 amide bonds. The highest BCUT2D eigenvalue weighted by Crippen LogP contribution is 2.16. The Bertz CT molecular complexity index is 299. The summed E-state index contributed by atoms with van der Waals surface area (Å²) in [6, 6.07) is 0. The monoisotopic (exact) mass is 265 g/mol. The molecule has 0 aromatic rings. The van der Waals surface area contributed by atoms with Crippen LogP contribution in [0, 0.1) is 5.92 Å². The summed E-state index contributed by atoms with van der Waals surface area (Å²) in [5.74, 6) is -0.272. The largest absolute Gasteiger partial charge is 0.355 e. The van der Waals surface area contributed by atoms with Crippen molar-refractivity contribution < 1.29 is 9.59 Å². The highest BCUT2D eigenvalue weighted by atomic mass is 16.2. The Balaban J connectivity index is 2.01. The number of piperidine rings is 1. The molecule has 0 radical (unpaired) electrons. The summed E-state index contributed by atoms with van der Waals surface area (Å²) in [5.41, 5.74) is 0. The zero-order valence-corrected chi connectivity index (χ0v) is 12.0. The molecule has 0 aromatic carbocycles. The van der Waals surface area contributed by atoms with Crippen LogP contribution in [0.15, 0.2) is 12.7 Å². The van der Waals surface area contributed by atoms with Crippen molar-refractivity contribution in [1.82, 2.24) is 5.32 Å². The molecule has 1 unspecified atom stereocenters. The number of rotatable bonds is 10. The number of hydrogen-bond acceptors (Lipinski definition) is 2. The van der Waals surface area contributed by atoms with Crippen molar-refractivity contribution in [2.75, 3.05) is 6.54 Å². The third-order valence-corrected chi connectivity index (χ3v) is 3.76. The Kier molecular flexibility index (Phi) is 8.19. The van der Waals surface area contributed by atoms with Crippen molar-refractivity contribution in [3.05, 3.63) is 12.7 Å². The summed E-state index contributed by atoms with van der Waals surface area (Å²) in [7, 11) is 0. The summed E-state index contributed by atoms with van der Waals surface area (Å²) in [6.45, 7) is 4.44. The Labute approximate surface area is 116 Å². The minimum Gasteiger partial charge on any atom is -0.355 e. The standard InChI is InChI=1S/C16H27NO2/c1-2-3-4-5-6-7-8-9-12-15(18)14-11-10-13-17-16(14)19/h2,14H,1,3-13H2,(H,17,19). The van der Waals surface area contributed by atoms with E-state index in [1.807, 2.05) is 6.08 Å². The Morgan fingerprint density at radius 1 is 1.21 bits per heavy atom. The molecule has 19 heavy (non-hydrogen) atoms. The van der Waals surface area contributed by atoms with Crippen LogP contribution >= 0.6 is 0 Å². The van der Waals surface area contributed by atoms with Crippen LogP contribution in [-0.2, 0) is 9.59 Å². The molecule has 0 spiro atoms. The fourth-order valence-corrected chi connectivity index (χ4v) is 2.55. The van der Waals surface area contributed by atoms with Gasteiger partial charge in [0, 0.05) is 13.0 Å². The average Bonchev–Trinajstić information content (AvgIpc) is 2.42. The van der Waals surface area contributed by atoms with Crippen LogP contribution in [0.4, 0.5) is 0 Å². The van der Waals surface area contributed by atoms with Gasteiger partial charge in [-0.05, 0) is 32.1 Å². The Hall–Kier alpha value is -1.12. The predicted octanol–water partition coefficient (Wildman–Crippen LogP) is 3.39. The summed E-state index contributed by atoms with van der Waals surface area (Å²) < 4.78 is 0. The maximum absolute atomic E-state index is 11.9. The molecule has 3 nitrogen and oxygen atoms in total. The molecule has 1 heterocycles. The third kappa shape index (κ3) is 6.55. The predicted molar refractivity (Wildman–Crippen MR) is 77.9 cm³/mol. The number of carbonyl (C=O) groups excluding carboxylic acids is 2. The first-order valence-corrected chi connectivity index (χ1v) is 7.67. The molecule has 1 aliphatic rings. The van der Waals surface area contributed by atoms with E-state index < -0.39 is 0 Å².